The molecule has 1 aliphatic rings. The van der Waals surface area contributed by atoms with Crippen molar-refractivity contribution in [3.63, 3.8) is 0 Å². The molecule has 1 fully saturated rings. The van der Waals surface area contributed by atoms with E-state index >= 15 is 0 Å². The fourth-order valence-corrected chi connectivity index (χ4v) is 2.28. The minimum Gasteiger partial charge on any atom is -0.444 e. The van der Waals surface area contributed by atoms with E-state index in [4.69, 9.17) is 24.1 Å². The number of rotatable bonds is 11. The molecule has 0 bridgehead atoms. The molecular formula is C17H34N2O6. The number of piperazine rings is 1. The lowest BCUT2D eigenvalue weighted by atomic mass is 10.2. The van der Waals surface area contributed by atoms with E-state index in [-0.39, 0.29) is 12.7 Å². The smallest absolute Gasteiger partial charge is 0.410 e. The van der Waals surface area contributed by atoms with Crippen molar-refractivity contribution in [3.05, 3.63) is 0 Å². The third kappa shape index (κ3) is 11.3. The molecule has 0 aromatic carbocycles. The van der Waals surface area contributed by atoms with Crippen molar-refractivity contribution in [3.8, 4) is 0 Å². The molecule has 1 aliphatic heterocycles. The molecule has 1 saturated heterocycles. The van der Waals surface area contributed by atoms with Crippen LogP contribution in [0.15, 0.2) is 0 Å². The van der Waals surface area contributed by atoms with E-state index < -0.39 is 5.60 Å². The Balaban J connectivity index is 1.96. The number of carbonyl (C=O) groups excluding carboxylic acids is 1. The van der Waals surface area contributed by atoms with Crippen molar-refractivity contribution in [2.45, 2.75) is 26.4 Å². The number of aliphatic hydroxyl groups excluding tert-OH is 1. The van der Waals surface area contributed by atoms with E-state index in [0.717, 1.165) is 19.6 Å². The Morgan fingerprint density at radius 2 is 1.40 bits per heavy atom. The van der Waals surface area contributed by atoms with Gasteiger partial charge in [0, 0.05) is 32.7 Å². The zero-order valence-electron chi connectivity index (χ0n) is 15.9. The third-order valence-electron chi connectivity index (χ3n) is 3.56. The second kappa shape index (κ2) is 12.4. The van der Waals surface area contributed by atoms with E-state index in [9.17, 15) is 4.79 Å². The summed E-state index contributed by atoms with van der Waals surface area (Å²) in [5.74, 6) is 0. The molecule has 0 aliphatic carbocycles. The van der Waals surface area contributed by atoms with E-state index in [1.165, 1.54) is 0 Å². The van der Waals surface area contributed by atoms with Crippen LogP contribution in [-0.4, -0.2) is 106 Å². The van der Waals surface area contributed by atoms with Crippen LogP contribution in [0.25, 0.3) is 0 Å². The average molecular weight is 362 g/mol. The van der Waals surface area contributed by atoms with Crippen molar-refractivity contribution in [2.24, 2.45) is 0 Å². The van der Waals surface area contributed by atoms with Gasteiger partial charge in [-0.25, -0.2) is 4.79 Å². The van der Waals surface area contributed by atoms with Gasteiger partial charge in [-0.3, -0.25) is 4.90 Å². The summed E-state index contributed by atoms with van der Waals surface area (Å²) in [7, 11) is 0. The van der Waals surface area contributed by atoms with Gasteiger partial charge >= 0.3 is 6.09 Å². The fraction of sp³-hybridized carbons (Fsp3) is 0.941. The van der Waals surface area contributed by atoms with Gasteiger partial charge in [-0.2, -0.15) is 0 Å². The van der Waals surface area contributed by atoms with Gasteiger partial charge in [0.05, 0.1) is 46.2 Å². The highest BCUT2D eigenvalue weighted by molar-refractivity contribution is 5.68. The summed E-state index contributed by atoms with van der Waals surface area (Å²) in [6, 6.07) is 0. The van der Waals surface area contributed by atoms with Crippen LogP contribution >= 0.6 is 0 Å². The molecule has 0 atom stereocenters. The molecule has 1 amide bonds. The number of ether oxygens (including phenoxy) is 4. The highest BCUT2D eigenvalue weighted by atomic mass is 16.6. The summed E-state index contributed by atoms with van der Waals surface area (Å²) in [4.78, 5) is 16.0. The van der Waals surface area contributed by atoms with Crippen LogP contribution in [0.3, 0.4) is 0 Å². The van der Waals surface area contributed by atoms with Gasteiger partial charge in [-0.15, -0.1) is 0 Å². The second-order valence-electron chi connectivity index (χ2n) is 6.87. The maximum atomic E-state index is 12.0. The molecule has 0 aromatic rings. The van der Waals surface area contributed by atoms with Gasteiger partial charge in [0.15, 0.2) is 0 Å². The molecule has 8 nitrogen and oxygen atoms in total. The van der Waals surface area contributed by atoms with Crippen LogP contribution in [0.1, 0.15) is 20.8 Å². The maximum Gasteiger partial charge on any atom is 0.410 e. The first-order chi connectivity index (χ1) is 11.9. The molecule has 0 unspecified atom stereocenters. The first-order valence-electron chi connectivity index (χ1n) is 8.97. The monoisotopic (exact) mass is 362 g/mol. The number of hydrogen-bond acceptors (Lipinski definition) is 7. The lowest BCUT2D eigenvalue weighted by Crippen LogP contribution is -2.50. The molecule has 148 valence electrons. The molecular weight excluding hydrogens is 328 g/mol. The fourth-order valence-electron chi connectivity index (χ4n) is 2.28. The highest BCUT2D eigenvalue weighted by Crippen LogP contribution is 2.11. The zero-order chi connectivity index (χ0) is 18.5. The predicted octanol–water partition coefficient (Wildman–Crippen LogP) is 0.581. The zero-order valence-corrected chi connectivity index (χ0v) is 15.9. The predicted molar refractivity (Wildman–Crippen MR) is 93.8 cm³/mol. The van der Waals surface area contributed by atoms with Gasteiger partial charge in [-0.1, -0.05) is 0 Å². The van der Waals surface area contributed by atoms with Gasteiger partial charge in [-0.05, 0) is 20.8 Å². The molecule has 0 spiro atoms. The Labute approximate surface area is 151 Å². The molecule has 8 heteroatoms. The lowest BCUT2D eigenvalue weighted by Gasteiger charge is -2.35. The molecule has 0 radical (unpaired) electrons. The number of hydrogen-bond donors (Lipinski definition) is 1. The van der Waals surface area contributed by atoms with Crippen molar-refractivity contribution in [1.82, 2.24) is 9.80 Å². The normalized spacial score (nSPS) is 16.2. The molecule has 25 heavy (non-hydrogen) atoms. The Morgan fingerprint density at radius 3 is 1.92 bits per heavy atom. The second-order valence-corrected chi connectivity index (χ2v) is 6.87. The average Bonchev–Trinajstić information content (AvgIpc) is 2.55. The van der Waals surface area contributed by atoms with Crippen LogP contribution in [0.5, 0.6) is 0 Å². The van der Waals surface area contributed by atoms with Crippen molar-refractivity contribution < 1.29 is 28.8 Å². The summed E-state index contributed by atoms with van der Waals surface area (Å²) in [5, 5.41) is 8.54. The number of nitrogens with zero attached hydrogens (tertiary/aromatic N) is 2. The Hall–Kier alpha value is -0.930. The number of aliphatic hydroxyl groups is 1. The Bertz CT molecular complexity index is 354. The molecule has 0 aromatic heterocycles. The molecule has 1 N–H and O–H groups in total. The first kappa shape index (κ1) is 22.1. The summed E-state index contributed by atoms with van der Waals surface area (Å²) in [5.41, 5.74) is -0.449. The van der Waals surface area contributed by atoms with Crippen molar-refractivity contribution in [1.29, 1.82) is 0 Å². The minimum absolute atomic E-state index is 0.0369. The van der Waals surface area contributed by atoms with Crippen molar-refractivity contribution in [2.75, 3.05) is 79.0 Å². The Kier molecular flexibility index (Phi) is 11.0. The largest absolute Gasteiger partial charge is 0.444 e. The van der Waals surface area contributed by atoms with E-state index in [0.29, 0.717) is 52.7 Å². The van der Waals surface area contributed by atoms with Gasteiger partial charge in [0.2, 0.25) is 0 Å². The van der Waals surface area contributed by atoms with E-state index in [1.54, 1.807) is 4.90 Å². The topological polar surface area (TPSA) is 80.7 Å². The number of amides is 1. The maximum absolute atomic E-state index is 12.0. The van der Waals surface area contributed by atoms with E-state index in [1.807, 2.05) is 20.8 Å². The van der Waals surface area contributed by atoms with Crippen LogP contribution < -0.4 is 0 Å². The van der Waals surface area contributed by atoms with Crippen LogP contribution in [0.4, 0.5) is 4.79 Å². The van der Waals surface area contributed by atoms with Gasteiger partial charge in [0.1, 0.15) is 5.60 Å². The third-order valence-corrected chi connectivity index (χ3v) is 3.56. The highest BCUT2D eigenvalue weighted by Gasteiger charge is 2.25. The van der Waals surface area contributed by atoms with Crippen LogP contribution in [-0.2, 0) is 18.9 Å². The van der Waals surface area contributed by atoms with Gasteiger partial charge < -0.3 is 29.0 Å². The standard InChI is InChI=1S/C17H34N2O6/c1-17(2,3)25-16(21)19-6-4-18(5-7-19)8-10-22-12-14-24-15-13-23-11-9-20/h20H,4-15H2,1-3H3. The SMILES string of the molecule is CC(C)(C)OC(=O)N1CCN(CCOCCOCCOCCO)CC1. The number of carbonyl (C=O) groups is 1. The summed E-state index contributed by atoms with van der Waals surface area (Å²) in [6.07, 6.45) is -0.233. The molecule has 1 rings (SSSR count). The van der Waals surface area contributed by atoms with Gasteiger partial charge in [0.25, 0.3) is 0 Å². The Morgan fingerprint density at radius 1 is 0.880 bits per heavy atom. The summed E-state index contributed by atoms with van der Waals surface area (Å²) in [6.45, 7) is 12.7. The quantitative estimate of drug-likeness (QED) is 0.539. The summed E-state index contributed by atoms with van der Waals surface area (Å²) >= 11 is 0. The molecule has 1 heterocycles. The molecule has 0 saturated carbocycles. The first-order valence-corrected chi connectivity index (χ1v) is 8.97. The lowest BCUT2D eigenvalue weighted by molar-refractivity contribution is -0.00134. The van der Waals surface area contributed by atoms with E-state index in [2.05, 4.69) is 4.90 Å². The van der Waals surface area contributed by atoms with Crippen LogP contribution in [0, 0.1) is 0 Å². The van der Waals surface area contributed by atoms with Crippen LogP contribution in [0.2, 0.25) is 0 Å². The van der Waals surface area contributed by atoms with Crippen molar-refractivity contribution >= 4 is 6.09 Å². The summed E-state index contributed by atoms with van der Waals surface area (Å²) < 4.78 is 21.4. The minimum atomic E-state index is -0.449.